The van der Waals surface area contributed by atoms with Crippen LogP contribution in [0.15, 0.2) is 0 Å². The Morgan fingerprint density at radius 2 is 2.05 bits per heavy atom. The van der Waals surface area contributed by atoms with E-state index < -0.39 is 0 Å². The lowest BCUT2D eigenvalue weighted by Crippen LogP contribution is -2.49. The van der Waals surface area contributed by atoms with Crippen LogP contribution >= 0.6 is 0 Å². The van der Waals surface area contributed by atoms with Gasteiger partial charge in [0.1, 0.15) is 0 Å². The zero-order valence-electron chi connectivity index (χ0n) is 12.7. The van der Waals surface area contributed by atoms with E-state index in [9.17, 15) is 9.90 Å². The molecule has 2 saturated carbocycles. The summed E-state index contributed by atoms with van der Waals surface area (Å²) in [5.41, 5.74) is 0. The van der Waals surface area contributed by atoms with Crippen LogP contribution < -0.4 is 5.32 Å². The molecule has 0 aromatic rings. The number of rotatable bonds is 4. The lowest BCUT2D eigenvalue weighted by molar-refractivity contribution is -0.126. The quantitative estimate of drug-likeness (QED) is 0.818. The van der Waals surface area contributed by atoms with Crippen molar-refractivity contribution in [2.45, 2.75) is 64.1 Å². The van der Waals surface area contributed by atoms with E-state index in [-0.39, 0.29) is 18.1 Å². The van der Waals surface area contributed by atoms with Crippen LogP contribution in [0.5, 0.6) is 0 Å². The molecule has 4 nitrogen and oxygen atoms in total. The molecule has 20 heavy (non-hydrogen) atoms. The number of carbonyl (C=O) groups is 1. The molecule has 0 spiro atoms. The molecule has 3 aliphatic rings. The number of β-amino-alcohol motifs (C(OH)–C–C–N with tert-alkyl or cyclic N) is 1. The number of aliphatic hydroxyl groups is 1. The summed E-state index contributed by atoms with van der Waals surface area (Å²) in [4.78, 5) is 14.5. The molecule has 1 heterocycles. The summed E-state index contributed by atoms with van der Waals surface area (Å²) in [5, 5.41) is 12.8. The van der Waals surface area contributed by atoms with Crippen LogP contribution in [-0.2, 0) is 4.79 Å². The summed E-state index contributed by atoms with van der Waals surface area (Å²) in [6, 6.07) is 0.181. The van der Waals surface area contributed by atoms with Gasteiger partial charge in [-0.15, -0.1) is 0 Å². The highest BCUT2D eigenvalue weighted by Gasteiger charge is 2.42. The number of carbonyl (C=O) groups excluding carboxylic acids is 1. The molecule has 4 heteroatoms. The maximum atomic E-state index is 12.4. The standard InChI is InChI=1S/C16H28N2O2/c1-10(15-8-12-3-4-13(15)7-12)17-16(20)11(2)18-6-5-14(19)9-18/h10-15,19H,3-9H2,1-2H3,(H,17,20)/t10?,11?,12?,13?,14-,15?/m0/s1. The Hall–Kier alpha value is -0.610. The number of amides is 1. The van der Waals surface area contributed by atoms with Gasteiger partial charge in [0, 0.05) is 19.1 Å². The molecule has 3 rings (SSSR count). The van der Waals surface area contributed by atoms with E-state index in [1.165, 1.54) is 25.7 Å². The fourth-order valence-electron chi connectivity index (χ4n) is 4.64. The van der Waals surface area contributed by atoms with Gasteiger partial charge in [-0.3, -0.25) is 9.69 Å². The van der Waals surface area contributed by atoms with Gasteiger partial charge in [-0.2, -0.15) is 0 Å². The molecule has 5 unspecified atom stereocenters. The van der Waals surface area contributed by atoms with Crippen LogP contribution in [-0.4, -0.2) is 47.2 Å². The minimum Gasteiger partial charge on any atom is -0.392 e. The average Bonchev–Trinajstić information content (AvgIpc) is 3.13. The number of hydrogen-bond donors (Lipinski definition) is 2. The molecule has 0 aromatic carbocycles. The number of likely N-dealkylation sites (tertiary alicyclic amines) is 1. The van der Waals surface area contributed by atoms with Crippen molar-refractivity contribution in [2.24, 2.45) is 17.8 Å². The van der Waals surface area contributed by atoms with Crippen molar-refractivity contribution < 1.29 is 9.90 Å². The first-order valence-electron chi connectivity index (χ1n) is 8.27. The third kappa shape index (κ3) is 2.73. The van der Waals surface area contributed by atoms with Gasteiger partial charge in [0.25, 0.3) is 0 Å². The first-order valence-corrected chi connectivity index (χ1v) is 8.27. The zero-order valence-corrected chi connectivity index (χ0v) is 12.7. The first-order chi connectivity index (χ1) is 9.54. The molecule has 1 saturated heterocycles. The molecule has 0 radical (unpaired) electrons. The minimum absolute atomic E-state index is 0.117. The van der Waals surface area contributed by atoms with Crippen molar-refractivity contribution in [1.82, 2.24) is 10.2 Å². The minimum atomic E-state index is -0.256. The van der Waals surface area contributed by atoms with E-state index in [4.69, 9.17) is 0 Å². The van der Waals surface area contributed by atoms with Crippen molar-refractivity contribution in [3.05, 3.63) is 0 Å². The Morgan fingerprint density at radius 3 is 2.60 bits per heavy atom. The van der Waals surface area contributed by atoms with Gasteiger partial charge in [-0.05, 0) is 57.3 Å². The highest BCUT2D eigenvalue weighted by Crippen LogP contribution is 2.49. The summed E-state index contributed by atoms with van der Waals surface area (Å²) < 4.78 is 0. The molecular formula is C16H28N2O2. The molecule has 2 aliphatic carbocycles. The Bertz CT molecular complexity index is 373. The van der Waals surface area contributed by atoms with Crippen LogP contribution in [0.2, 0.25) is 0 Å². The fraction of sp³-hybridized carbons (Fsp3) is 0.938. The first kappa shape index (κ1) is 14.3. The second kappa shape index (κ2) is 5.64. The van der Waals surface area contributed by atoms with Gasteiger partial charge in [-0.1, -0.05) is 6.42 Å². The molecule has 2 N–H and O–H groups in total. The summed E-state index contributed by atoms with van der Waals surface area (Å²) in [5.74, 6) is 2.60. The maximum Gasteiger partial charge on any atom is 0.237 e. The van der Waals surface area contributed by atoms with Crippen LogP contribution in [0.3, 0.4) is 0 Å². The topological polar surface area (TPSA) is 52.6 Å². The largest absolute Gasteiger partial charge is 0.392 e. The Morgan fingerprint density at radius 1 is 1.25 bits per heavy atom. The van der Waals surface area contributed by atoms with Crippen LogP contribution in [0.4, 0.5) is 0 Å². The summed E-state index contributed by atoms with van der Waals surface area (Å²) >= 11 is 0. The lowest BCUT2D eigenvalue weighted by atomic mass is 9.84. The molecule has 3 fully saturated rings. The van der Waals surface area contributed by atoms with Gasteiger partial charge in [0.2, 0.25) is 5.91 Å². The molecule has 114 valence electrons. The van der Waals surface area contributed by atoms with Gasteiger partial charge in [-0.25, -0.2) is 0 Å². The molecule has 6 atom stereocenters. The highest BCUT2D eigenvalue weighted by atomic mass is 16.3. The average molecular weight is 280 g/mol. The summed E-state index contributed by atoms with van der Waals surface area (Å²) in [6.45, 7) is 5.60. The van der Waals surface area contributed by atoms with Gasteiger partial charge in [0.15, 0.2) is 0 Å². The monoisotopic (exact) mass is 280 g/mol. The van der Waals surface area contributed by atoms with Crippen molar-refractivity contribution in [3.63, 3.8) is 0 Å². The van der Waals surface area contributed by atoms with Gasteiger partial charge >= 0.3 is 0 Å². The molecular weight excluding hydrogens is 252 g/mol. The SMILES string of the molecule is CC(NC(=O)C(C)N1CC[C@H](O)C1)C1CC2CCC1C2. The van der Waals surface area contributed by atoms with E-state index in [1.54, 1.807) is 0 Å². The Kier molecular flexibility index (Phi) is 4.04. The normalized spacial score (nSPS) is 40.0. The second-order valence-electron chi connectivity index (χ2n) is 7.25. The van der Waals surface area contributed by atoms with Gasteiger partial charge in [0.05, 0.1) is 12.1 Å². The zero-order chi connectivity index (χ0) is 14.3. The van der Waals surface area contributed by atoms with E-state index in [0.29, 0.717) is 18.5 Å². The number of nitrogens with zero attached hydrogens (tertiary/aromatic N) is 1. The highest BCUT2D eigenvalue weighted by molar-refractivity contribution is 5.81. The third-order valence-electron chi connectivity index (χ3n) is 5.93. The summed E-state index contributed by atoms with van der Waals surface area (Å²) in [6.07, 6.45) is 6.00. The van der Waals surface area contributed by atoms with E-state index in [0.717, 1.165) is 24.8 Å². The predicted molar refractivity (Wildman–Crippen MR) is 78.2 cm³/mol. The molecule has 2 bridgehead atoms. The predicted octanol–water partition coefficient (Wildman–Crippen LogP) is 1.38. The lowest BCUT2D eigenvalue weighted by Gasteiger charge is -2.31. The van der Waals surface area contributed by atoms with Crippen LogP contribution in [0.25, 0.3) is 0 Å². The molecule has 0 aromatic heterocycles. The van der Waals surface area contributed by atoms with Crippen molar-refractivity contribution >= 4 is 5.91 Å². The Labute approximate surface area is 121 Å². The number of aliphatic hydroxyl groups excluding tert-OH is 1. The van der Waals surface area contributed by atoms with E-state index >= 15 is 0 Å². The Balaban J connectivity index is 1.50. The van der Waals surface area contributed by atoms with Crippen molar-refractivity contribution in [2.75, 3.05) is 13.1 Å². The molecule has 1 aliphatic heterocycles. The number of hydrogen-bond acceptors (Lipinski definition) is 3. The number of fused-ring (bicyclic) bond motifs is 2. The van der Waals surface area contributed by atoms with Crippen LogP contribution in [0.1, 0.15) is 46.0 Å². The third-order valence-corrected chi connectivity index (χ3v) is 5.93. The summed E-state index contributed by atoms with van der Waals surface area (Å²) in [7, 11) is 0. The van der Waals surface area contributed by atoms with Gasteiger partial charge < -0.3 is 10.4 Å². The van der Waals surface area contributed by atoms with Crippen molar-refractivity contribution in [1.29, 1.82) is 0 Å². The maximum absolute atomic E-state index is 12.4. The molecule has 1 amide bonds. The number of nitrogens with one attached hydrogen (secondary N) is 1. The van der Waals surface area contributed by atoms with E-state index in [2.05, 4.69) is 17.1 Å². The van der Waals surface area contributed by atoms with Crippen LogP contribution in [0, 0.1) is 17.8 Å². The fourth-order valence-corrected chi connectivity index (χ4v) is 4.64. The van der Waals surface area contributed by atoms with Crippen molar-refractivity contribution in [3.8, 4) is 0 Å². The van der Waals surface area contributed by atoms with E-state index in [1.807, 2.05) is 6.92 Å². The smallest absolute Gasteiger partial charge is 0.237 e. The second-order valence-corrected chi connectivity index (χ2v) is 7.25.